The van der Waals surface area contributed by atoms with Crippen LogP contribution in [0.5, 0.6) is 0 Å². The highest BCUT2D eigenvalue weighted by molar-refractivity contribution is 7.89. The maximum atomic E-state index is 12.0. The number of likely N-dealkylation sites (N-methyl/N-ethyl adjacent to an activating group) is 1. The molecule has 0 saturated carbocycles. The molecule has 1 N–H and O–H groups in total. The Balaban J connectivity index is 1.94. The smallest absolute Gasteiger partial charge is 0.238 e. The summed E-state index contributed by atoms with van der Waals surface area (Å²) in [6, 6.07) is -0.600. The molecule has 1 amide bonds. The second-order valence-corrected chi connectivity index (χ2v) is 7.33. The monoisotopic (exact) mass is 304 g/mol. The van der Waals surface area contributed by atoms with E-state index in [-0.39, 0.29) is 11.7 Å². The van der Waals surface area contributed by atoms with Crippen molar-refractivity contribution in [1.29, 1.82) is 0 Å². The van der Waals surface area contributed by atoms with Crippen LogP contribution >= 0.6 is 11.6 Å². The van der Waals surface area contributed by atoms with Crippen molar-refractivity contribution in [3.8, 4) is 0 Å². The largest absolute Gasteiger partial charge is 0.351 e. The molecule has 0 bridgehead atoms. The molecule has 0 spiro atoms. The Hall–Kier alpha value is -0.850. The van der Waals surface area contributed by atoms with Crippen LogP contribution in [-0.4, -0.2) is 44.0 Å². The molecule has 5 nitrogen and oxygen atoms in total. The maximum absolute atomic E-state index is 12.0. The first-order chi connectivity index (χ1) is 8.92. The van der Waals surface area contributed by atoms with Gasteiger partial charge in [-0.1, -0.05) is 23.8 Å². The van der Waals surface area contributed by atoms with E-state index < -0.39 is 16.1 Å². The van der Waals surface area contributed by atoms with Crippen molar-refractivity contribution in [1.82, 2.24) is 9.62 Å². The van der Waals surface area contributed by atoms with Crippen LogP contribution in [0.25, 0.3) is 0 Å². The number of halogens is 1. The van der Waals surface area contributed by atoms with Gasteiger partial charge in [-0.15, -0.1) is 0 Å². The predicted molar refractivity (Wildman–Crippen MR) is 74.2 cm³/mol. The van der Waals surface area contributed by atoms with Crippen molar-refractivity contribution in [2.45, 2.75) is 25.3 Å². The van der Waals surface area contributed by atoms with Crippen LogP contribution in [0.1, 0.15) is 19.3 Å². The quantitative estimate of drug-likeness (QED) is 0.845. The van der Waals surface area contributed by atoms with Gasteiger partial charge in [0.25, 0.3) is 0 Å². The predicted octanol–water partition coefficient (Wildman–Crippen LogP) is 0.979. The number of carbonyl (C=O) groups is 1. The van der Waals surface area contributed by atoms with Crippen LogP contribution in [0, 0.1) is 0 Å². The topological polar surface area (TPSA) is 66.5 Å². The van der Waals surface area contributed by atoms with Gasteiger partial charge < -0.3 is 5.32 Å². The summed E-state index contributed by atoms with van der Waals surface area (Å²) in [7, 11) is -1.81. The highest BCUT2D eigenvalue weighted by Crippen LogP contribution is 2.22. The van der Waals surface area contributed by atoms with E-state index in [2.05, 4.69) is 5.32 Å². The number of allylic oxidation sites excluding steroid dienone is 2. The fraction of sp³-hybridized carbons (Fsp3) is 0.583. The number of amides is 1. The number of sulfonamides is 1. The van der Waals surface area contributed by atoms with Gasteiger partial charge in [0.05, 0.1) is 5.75 Å². The molecule has 1 unspecified atom stereocenters. The highest BCUT2D eigenvalue weighted by atomic mass is 35.5. The van der Waals surface area contributed by atoms with Crippen LogP contribution in [0.3, 0.4) is 0 Å². The summed E-state index contributed by atoms with van der Waals surface area (Å²) in [5.41, 5.74) is 0.893. The van der Waals surface area contributed by atoms with Crippen LogP contribution in [0.15, 0.2) is 22.8 Å². The van der Waals surface area contributed by atoms with Crippen molar-refractivity contribution in [2.75, 3.05) is 19.3 Å². The van der Waals surface area contributed by atoms with Gasteiger partial charge in [0.1, 0.15) is 6.04 Å². The van der Waals surface area contributed by atoms with Gasteiger partial charge in [-0.3, -0.25) is 4.79 Å². The summed E-state index contributed by atoms with van der Waals surface area (Å²) in [5, 5.41) is 3.51. The highest BCUT2D eigenvalue weighted by Gasteiger charge is 2.38. The molecule has 1 atom stereocenters. The van der Waals surface area contributed by atoms with Gasteiger partial charge in [0, 0.05) is 18.6 Å². The minimum atomic E-state index is -3.25. The number of nitrogens with zero attached hydrogens (tertiary/aromatic N) is 1. The van der Waals surface area contributed by atoms with E-state index in [1.165, 1.54) is 7.05 Å². The summed E-state index contributed by atoms with van der Waals surface area (Å²) >= 11 is 6.07. The van der Waals surface area contributed by atoms with Crippen molar-refractivity contribution in [2.24, 2.45) is 0 Å². The molecule has 0 aromatic rings. The van der Waals surface area contributed by atoms with E-state index in [1.54, 1.807) is 0 Å². The van der Waals surface area contributed by atoms with E-state index in [9.17, 15) is 13.2 Å². The maximum Gasteiger partial charge on any atom is 0.238 e. The van der Waals surface area contributed by atoms with Gasteiger partial charge in [-0.05, 0) is 24.8 Å². The lowest BCUT2D eigenvalue weighted by molar-refractivity contribution is -0.124. The molecule has 1 aliphatic heterocycles. The Bertz CT molecular complexity index is 539. The third-order valence-electron chi connectivity index (χ3n) is 3.48. The average Bonchev–Trinajstić information content (AvgIpc) is 2.63. The van der Waals surface area contributed by atoms with E-state index in [1.807, 2.05) is 12.2 Å². The lowest BCUT2D eigenvalue weighted by atomic mass is 10.1. The van der Waals surface area contributed by atoms with Crippen LogP contribution in [-0.2, 0) is 14.8 Å². The number of carbonyl (C=O) groups excluding carboxylic acids is 1. The fourth-order valence-corrected chi connectivity index (χ4v) is 3.85. The summed E-state index contributed by atoms with van der Waals surface area (Å²) in [4.78, 5) is 12.0. The van der Waals surface area contributed by atoms with Crippen LogP contribution in [0.4, 0.5) is 0 Å². The number of hydrogen-bond donors (Lipinski definition) is 1. The van der Waals surface area contributed by atoms with Crippen molar-refractivity contribution in [3.63, 3.8) is 0 Å². The van der Waals surface area contributed by atoms with Gasteiger partial charge in [-0.25, -0.2) is 8.42 Å². The summed E-state index contributed by atoms with van der Waals surface area (Å²) < 4.78 is 24.2. The molecular weight excluding hydrogens is 288 g/mol. The Morgan fingerprint density at radius 3 is 2.89 bits per heavy atom. The van der Waals surface area contributed by atoms with Gasteiger partial charge >= 0.3 is 0 Å². The summed E-state index contributed by atoms with van der Waals surface area (Å²) in [6.07, 6.45) is 5.97. The zero-order valence-corrected chi connectivity index (χ0v) is 12.3. The first-order valence-corrected chi connectivity index (χ1v) is 8.18. The van der Waals surface area contributed by atoms with E-state index in [0.29, 0.717) is 13.0 Å². The zero-order chi connectivity index (χ0) is 14.0. The molecule has 7 heteroatoms. The molecule has 1 aliphatic carbocycles. The number of nitrogens with one attached hydrogen (secondary N) is 1. The second kappa shape index (κ2) is 5.64. The lowest BCUT2D eigenvalue weighted by Gasteiger charge is -2.18. The van der Waals surface area contributed by atoms with Crippen molar-refractivity contribution in [3.05, 3.63) is 22.8 Å². The number of hydrogen-bond acceptors (Lipinski definition) is 3. The van der Waals surface area contributed by atoms with E-state index >= 15 is 0 Å². The van der Waals surface area contributed by atoms with Gasteiger partial charge in [0.15, 0.2) is 0 Å². The molecule has 2 aliphatic rings. The van der Waals surface area contributed by atoms with Gasteiger partial charge in [-0.2, -0.15) is 4.31 Å². The first kappa shape index (κ1) is 14.6. The van der Waals surface area contributed by atoms with E-state index in [0.717, 1.165) is 27.8 Å². The molecule has 0 aromatic heterocycles. The Morgan fingerprint density at radius 1 is 1.58 bits per heavy atom. The molecule has 106 valence electrons. The third kappa shape index (κ3) is 3.19. The Morgan fingerprint density at radius 2 is 2.32 bits per heavy atom. The first-order valence-electron chi connectivity index (χ1n) is 6.19. The average molecular weight is 305 g/mol. The molecule has 1 fully saturated rings. The summed E-state index contributed by atoms with van der Waals surface area (Å²) in [5.74, 6) is -0.232. The van der Waals surface area contributed by atoms with Crippen molar-refractivity contribution < 1.29 is 13.2 Å². The SMILES string of the molecule is CN1C(C(=O)NCC2=C(Cl)CCC=C2)CCS1(=O)=O. The third-order valence-corrected chi connectivity index (χ3v) is 5.80. The minimum absolute atomic E-state index is 0.0327. The lowest BCUT2D eigenvalue weighted by Crippen LogP contribution is -2.43. The molecule has 1 heterocycles. The van der Waals surface area contributed by atoms with Gasteiger partial charge in [0.2, 0.25) is 15.9 Å². The standard InChI is InChI=1S/C12H17ClN2O3S/c1-15-11(6-7-19(15,17)18)12(16)14-8-9-4-2-3-5-10(9)13/h2,4,11H,3,5-8H2,1H3,(H,14,16). The Labute approximate surface area is 118 Å². The number of rotatable bonds is 3. The summed E-state index contributed by atoms with van der Waals surface area (Å²) in [6.45, 7) is 0.346. The molecule has 0 aromatic carbocycles. The Kier molecular flexibility index (Phi) is 4.32. The normalized spacial score (nSPS) is 26.7. The minimum Gasteiger partial charge on any atom is -0.351 e. The molecule has 19 heavy (non-hydrogen) atoms. The second-order valence-electron chi connectivity index (χ2n) is 4.73. The van der Waals surface area contributed by atoms with E-state index in [4.69, 9.17) is 11.6 Å². The zero-order valence-electron chi connectivity index (χ0n) is 10.7. The molecular formula is C12H17ClN2O3S. The fourth-order valence-electron chi connectivity index (χ4n) is 2.22. The van der Waals surface area contributed by atoms with Crippen molar-refractivity contribution >= 4 is 27.5 Å². The van der Waals surface area contributed by atoms with Crippen LogP contribution in [0.2, 0.25) is 0 Å². The molecule has 1 saturated heterocycles. The molecule has 0 radical (unpaired) electrons. The molecule has 2 rings (SSSR count). The van der Waals surface area contributed by atoms with Crippen LogP contribution < -0.4 is 5.32 Å².